The Morgan fingerprint density at radius 2 is 1.81 bits per heavy atom. The maximum atomic E-state index is 12.0. The quantitative estimate of drug-likeness (QED) is 0.640. The topological polar surface area (TPSA) is 55.4 Å². The molecule has 5 heteroatoms. The van der Waals surface area contributed by atoms with E-state index in [0.717, 1.165) is 9.13 Å². The monoisotopic (exact) mass is 395 g/mol. The van der Waals surface area contributed by atoms with Crippen LogP contribution in [0.1, 0.15) is 26.3 Å². The molecule has 0 radical (unpaired) electrons. The fourth-order valence-electron chi connectivity index (χ4n) is 1.79. The summed E-state index contributed by atoms with van der Waals surface area (Å²) in [6.07, 6.45) is 0. The van der Waals surface area contributed by atoms with Crippen LogP contribution >= 0.6 is 22.6 Å². The Labute approximate surface area is 136 Å². The number of esters is 1. The molecule has 0 saturated carbocycles. The first-order valence-electron chi connectivity index (χ1n) is 6.31. The summed E-state index contributed by atoms with van der Waals surface area (Å²) in [5.74, 6) is -0.491. The maximum absolute atomic E-state index is 12.0. The third kappa shape index (κ3) is 4.29. The Bertz CT molecular complexity index is 653. The summed E-state index contributed by atoms with van der Waals surface area (Å²) in [6.45, 7) is 0.408. The van der Waals surface area contributed by atoms with E-state index in [1.807, 2.05) is 18.2 Å². The molecule has 0 spiro atoms. The average Bonchev–Trinajstić information content (AvgIpc) is 2.52. The molecule has 0 heterocycles. The van der Waals surface area contributed by atoms with Gasteiger partial charge in [-0.05, 0) is 58.5 Å². The zero-order valence-electron chi connectivity index (χ0n) is 11.4. The fourth-order valence-corrected chi connectivity index (χ4v) is 2.33. The molecule has 2 aromatic carbocycles. The second-order valence-corrected chi connectivity index (χ2v) is 5.63. The van der Waals surface area contributed by atoms with Crippen molar-refractivity contribution < 1.29 is 14.3 Å². The lowest BCUT2D eigenvalue weighted by Crippen LogP contribution is -2.22. The van der Waals surface area contributed by atoms with Gasteiger partial charge < -0.3 is 10.1 Å². The first-order chi connectivity index (χ1) is 10.1. The van der Waals surface area contributed by atoms with Gasteiger partial charge in [0.15, 0.2) is 0 Å². The van der Waals surface area contributed by atoms with Crippen LogP contribution in [-0.2, 0) is 11.3 Å². The molecular formula is C16H14INO3. The summed E-state index contributed by atoms with van der Waals surface area (Å²) in [5, 5.41) is 2.85. The molecular weight excluding hydrogens is 381 g/mol. The Balaban J connectivity index is 1.97. The van der Waals surface area contributed by atoms with E-state index in [2.05, 4.69) is 32.6 Å². The van der Waals surface area contributed by atoms with E-state index in [1.165, 1.54) is 7.11 Å². The second-order valence-electron chi connectivity index (χ2n) is 4.38. The Hall–Kier alpha value is -1.89. The van der Waals surface area contributed by atoms with E-state index < -0.39 is 0 Å². The van der Waals surface area contributed by atoms with Crippen LogP contribution in [0.4, 0.5) is 0 Å². The molecule has 0 aromatic heterocycles. The van der Waals surface area contributed by atoms with E-state index in [4.69, 9.17) is 0 Å². The van der Waals surface area contributed by atoms with Crippen molar-refractivity contribution in [3.63, 3.8) is 0 Å². The number of hydrogen-bond donors (Lipinski definition) is 1. The largest absolute Gasteiger partial charge is 0.465 e. The molecule has 0 atom stereocenters. The van der Waals surface area contributed by atoms with Crippen LogP contribution in [0.25, 0.3) is 0 Å². The molecule has 1 amide bonds. The number of carbonyl (C=O) groups excluding carboxylic acids is 2. The predicted molar refractivity (Wildman–Crippen MR) is 88.1 cm³/mol. The molecule has 2 aromatic rings. The first-order valence-corrected chi connectivity index (χ1v) is 7.39. The molecule has 0 fully saturated rings. The summed E-state index contributed by atoms with van der Waals surface area (Å²) in [4.78, 5) is 23.3. The van der Waals surface area contributed by atoms with E-state index in [0.29, 0.717) is 17.7 Å². The van der Waals surface area contributed by atoms with Crippen LogP contribution in [0.2, 0.25) is 0 Å². The molecule has 108 valence electrons. The highest BCUT2D eigenvalue weighted by molar-refractivity contribution is 14.1. The van der Waals surface area contributed by atoms with Gasteiger partial charge in [0.05, 0.1) is 12.7 Å². The molecule has 0 aliphatic heterocycles. The highest BCUT2D eigenvalue weighted by atomic mass is 127. The summed E-state index contributed by atoms with van der Waals surface area (Å²) in [5.41, 5.74) is 2.04. The van der Waals surface area contributed by atoms with Crippen LogP contribution in [0.3, 0.4) is 0 Å². The fraction of sp³-hybridized carbons (Fsp3) is 0.125. The predicted octanol–water partition coefficient (Wildman–Crippen LogP) is 3.01. The Kier molecular flexibility index (Phi) is 5.32. The molecule has 2 rings (SSSR count). The SMILES string of the molecule is COC(=O)c1ccc(CNC(=O)c2cccc(I)c2)cc1. The van der Waals surface area contributed by atoms with Crippen molar-refractivity contribution in [1.29, 1.82) is 0 Å². The number of hydrogen-bond acceptors (Lipinski definition) is 3. The maximum Gasteiger partial charge on any atom is 0.337 e. The van der Waals surface area contributed by atoms with E-state index in [1.54, 1.807) is 30.3 Å². The van der Waals surface area contributed by atoms with Gasteiger partial charge in [0.25, 0.3) is 5.91 Å². The van der Waals surface area contributed by atoms with Gasteiger partial charge in [-0.25, -0.2) is 4.79 Å². The van der Waals surface area contributed by atoms with Crippen LogP contribution in [0, 0.1) is 3.57 Å². The number of amides is 1. The van der Waals surface area contributed by atoms with Crippen LogP contribution in [0.15, 0.2) is 48.5 Å². The lowest BCUT2D eigenvalue weighted by atomic mass is 10.1. The highest BCUT2D eigenvalue weighted by Crippen LogP contribution is 2.09. The van der Waals surface area contributed by atoms with Gasteiger partial charge in [-0.15, -0.1) is 0 Å². The smallest absolute Gasteiger partial charge is 0.337 e. The number of benzene rings is 2. The number of halogens is 1. The van der Waals surface area contributed by atoms with Gasteiger partial charge in [0, 0.05) is 15.7 Å². The minimum absolute atomic E-state index is 0.120. The number of carbonyl (C=O) groups is 2. The standard InChI is InChI=1S/C16H14INO3/c1-21-16(20)12-7-5-11(6-8-12)10-18-15(19)13-3-2-4-14(17)9-13/h2-9H,10H2,1H3,(H,18,19). The van der Waals surface area contributed by atoms with Crippen molar-refractivity contribution in [1.82, 2.24) is 5.32 Å². The Morgan fingerprint density at radius 3 is 2.43 bits per heavy atom. The van der Waals surface area contributed by atoms with Gasteiger partial charge >= 0.3 is 5.97 Å². The van der Waals surface area contributed by atoms with Crippen LogP contribution in [0.5, 0.6) is 0 Å². The van der Waals surface area contributed by atoms with Crippen molar-refractivity contribution in [2.45, 2.75) is 6.54 Å². The van der Waals surface area contributed by atoms with Gasteiger partial charge in [0.2, 0.25) is 0 Å². The third-order valence-electron chi connectivity index (χ3n) is 2.91. The molecule has 0 aliphatic carbocycles. The van der Waals surface area contributed by atoms with Crippen molar-refractivity contribution in [3.05, 3.63) is 68.8 Å². The van der Waals surface area contributed by atoms with Crippen molar-refractivity contribution in [2.24, 2.45) is 0 Å². The average molecular weight is 395 g/mol. The molecule has 21 heavy (non-hydrogen) atoms. The van der Waals surface area contributed by atoms with E-state index >= 15 is 0 Å². The summed E-state index contributed by atoms with van der Waals surface area (Å²) in [7, 11) is 1.34. The third-order valence-corrected chi connectivity index (χ3v) is 3.59. The molecule has 0 bridgehead atoms. The number of nitrogens with one attached hydrogen (secondary N) is 1. The minimum Gasteiger partial charge on any atom is -0.465 e. The zero-order chi connectivity index (χ0) is 15.2. The molecule has 0 saturated heterocycles. The van der Waals surface area contributed by atoms with Crippen molar-refractivity contribution >= 4 is 34.5 Å². The molecule has 4 nitrogen and oxygen atoms in total. The highest BCUT2D eigenvalue weighted by Gasteiger charge is 2.07. The number of rotatable bonds is 4. The lowest BCUT2D eigenvalue weighted by Gasteiger charge is -2.06. The van der Waals surface area contributed by atoms with Gasteiger partial charge in [-0.3, -0.25) is 4.79 Å². The normalized spacial score (nSPS) is 10.0. The lowest BCUT2D eigenvalue weighted by molar-refractivity contribution is 0.0600. The Morgan fingerprint density at radius 1 is 1.10 bits per heavy atom. The summed E-state index contributed by atoms with van der Waals surface area (Å²) in [6, 6.07) is 14.3. The van der Waals surface area contributed by atoms with Crippen molar-refractivity contribution in [2.75, 3.05) is 7.11 Å². The van der Waals surface area contributed by atoms with Gasteiger partial charge in [-0.1, -0.05) is 18.2 Å². The summed E-state index contributed by atoms with van der Waals surface area (Å²) < 4.78 is 5.65. The number of ether oxygens (including phenoxy) is 1. The summed E-state index contributed by atoms with van der Waals surface area (Å²) >= 11 is 2.17. The van der Waals surface area contributed by atoms with Gasteiger partial charge in [0.1, 0.15) is 0 Å². The second kappa shape index (κ2) is 7.21. The minimum atomic E-state index is -0.371. The van der Waals surface area contributed by atoms with E-state index in [-0.39, 0.29) is 11.9 Å². The first kappa shape index (κ1) is 15.5. The molecule has 0 aliphatic rings. The van der Waals surface area contributed by atoms with Crippen LogP contribution in [-0.4, -0.2) is 19.0 Å². The zero-order valence-corrected chi connectivity index (χ0v) is 13.6. The van der Waals surface area contributed by atoms with E-state index in [9.17, 15) is 9.59 Å². The molecule has 1 N–H and O–H groups in total. The number of methoxy groups -OCH3 is 1. The van der Waals surface area contributed by atoms with Crippen LogP contribution < -0.4 is 5.32 Å². The van der Waals surface area contributed by atoms with Gasteiger partial charge in [-0.2, -0.15) is 0 Å². The van der Waals surface area contributed by atoms with Crippen molar-refractivity contribution in [3.8, 4) is 0 Å². The molecule has 0 unspecified atom stereocenters.